The van der Waals surface area contributed by atoms with E-state index in [9.17, 15) is 0 Å². The zero-order valence-electron chi connectivity index (χ0n) is 25.2. The van der Waals surface area contributed by atoms with Crippen LogP contribution in [-0.4, -0.2) is 34.4 Å². The minimum absolute atomic E-state index is 0.121. The summed E-state index contributed by atoms with van der Waals surface area (Å²) in [6.07, 6.45) is 0. The fourth-order valence-electron chi connectivity index (χ4n) is 6.18. The number of aromatic nitrogens is 4. The van der Waals surface area contributed by atoms with Gasteiger partial charge in [-0.2, -0.15) is 0 Å². The first-order chi connectivity index (χ1) is 23.3. The average molecular weight is 666 g/mol. The van der Waals surface area contributed by atoms with Crippen LogP contribution in [0.5, 0.6) is 0 Å². The molecule has 9 rings (SSSR count). The molecule has 0 saturated carbocycles. The Kier molecular flexibility index (Phi) is 6.78. The fraction of sp³-hybridized carbons (Fsp3) is 0. The summed E-state index contributed by atoms with van der Waals surface area (Å²) in [5, 5.41) is 4.74. The van der Waals surface area contributed by atoms with E-state index in [1.807, 2.05) is 60.7 Å². The van der Waals surface area contributed by atoms with E-state index in [0.717, 1.165) is 44.1 Å². The van der Waals surface area contributed by atoms with Crippen molar-refractivity contribution in [3.63, 3.8) is 0 Å². The number of hydrogen-bond acceptors (Lipinski definition) is 4. The molecule has 47 heavy (non-hydrogen) atoms. The van der Waals surface area contributed by atoms with E-state index in [1.165, 1.54) is 25.2 Å². The van der Waals surface area contributed by atoms with Crippen LogP contribution in [0.2, 0.25) is 0 Å². The van der Waals surface area contributed by atoms with Gasteiger partial charge in [0.1, 0.15) is 0 Å². The van der Waals surface area contributed by atoms with Gasteiger partial charge in [-0.05, 0) is 0 Å². The maximum absolute atomic E-state index is 5.08. The molecule has 0 saturated heterocycles. The van der Waals surface area contributed by atoms with E-state index in [4.69, 9.17) is 19.9 Å². The average Bonchev–Trinajstić information content (AvgIpc) is 3.60. The van der Waals surface area contributed by atoms with Crippen molar-refractivity contribution in [3.05, 3.63) is 158 Å². The molecule has 0 spiro atoms. The second-order valence-corrected chi connectivity index (χ2v) is 13.6. The summed E-state index contributed by atoms with van der Waals surface area (Å²) in [5.74, 6) is 1.96. The molecule has 0 fully saturated rings. The molecule has 220 valence electrons. The van der Waals surface area contributed by atoms with Crippen molar-refractivity contribution < 1.29 is 0 Å². The molecule has 5 heteroatoms. The first-order valence-corrected chi connectivity index (χ1v) is 17.3. The van der Waals surface area contributed by atoms with Gasteiger partial charge in [-0.15, -0.1) is 0 Å². The van der Waals surface area contributed by atoms with Gasteiger partial charge >= 0.3 is 243 Å². The summed E-state index contributed by atoms with van der Waals surface area (Å²) in [4.78, 5) is 20.1. The smallest absolute Gasteiger partial charge is 0.0615 e. The Bertz CT molecular complexity index is 2500. The number of fused-ring (bicyclic) bond motifs is 4. The second-order valence-electron chi connectivity index (χ2n) is 11.5. The third kappa shape index (κ3) is 5.12. The predicted octanol–water partition coefficient (Wildman–Crippen LogP) is 10.1. The van der Waals surface area contributed by atoms with Gasteiger partial charge in [-0.3, -0.25) is 0 Å². The third-order valence-electron chi connectivity index (χ3n) is 8.53. The maximum atomic E-state index is 5.08. The van der Waals surface area contributed by atoms with E-state index in [-0.39, 0.29) is 14.5 Å². The Hall–Kier alpha value is -5.74. The Morgan fingerprint density at radius 2 is 0.957 bits per heavy atom. The van der Waals surface area contributed by atoms with Crippen LogP contribution in [0.15, 0.2) is 158 Å². The minimum Gasteiger partial charge on any atom is -0.0615 e. The second kappa shape index (κ2) is 11.6. The molecule has 0 aliphatic carbocycles. The van der Waals surface area contributed by atoms with Crippen molar-refractivity contribution in [2.24, 2.45) is 0 Å². The fourth-order valence-corrected chi connectivity index (χ4v) is 8.48. The predicted molar refractivity (Wildman–Crippen MR) is 194 cm³/mol. The molecule has 2 aromatic heterocycles. The van der Waals surface area contributed by atoms with Gasteiger partial charge in [0.2, 0.25) is 0 Å². The van der Waals surface area contributed by atoms with Crippen LogP contribution in [0.1, 0.15) is 0 Å². The van der Waals surface area contributed by atoms with Crippen LogP contribution in [0.3, 0.4) is 0 Å². The standard InChI is InChI=1S/C42H26N4Se/c1-4-12-28(13-5-1)39-44-40(29-14-6-2-7-15-29)46-41(45-39)36-26-33(24-32-18-10-11-19-34(32)36)31-21-20-27-22-23-37-38(35(27)25-31)47-42(43-37)30-16-8-3-9-17-30/h1-26H. The molecule has 0 amide bonds. The van der Waals surface area contributed by atoms with Crippen molar-refractivity contribution in [1.29, 1.82) is 0 Å². The van der Waals surface area contributed by atoms with E-state index in [2.05, 4.69) is 97.1 Å². The SMILES string of the molecule is c1ccc(-c2nc(-c3ccccc3)nc(-c3cc(-c4ccc5ccc6nc(-c7ccccc7)[se]c6c5c4)cc4ccccc34)n2)cc1. The van der Waals surface area contributed by atoms with Crippen molar-refractivity contribution in [1.82, 2.24) is 19.9 Å². The van der Waals surface area contributed by atoms with E-state index in [1.54, 1.807) is 0 Å². The molecule has 7 aromatic carbocycles. The summed E-state index contributed by atoms with van der Waals surface area (Å²) in [5.41, 5.74) is 7.45. The van der Waals surface area contributed by atoms with Crippen molar-refractivity contribution in [2.75, 3.05) is 0 Å². The Morgan fingerprint density at radius 1 is 0.362 bits per heavy atom. The third-order valence-corrected chi connectivity index (χ3v) is 10.9. The number of rotatable bonds is 5. The first-order valence-electron chi connectivity index (χ1n) is 15.6. The van der Waals surface area contributed by atoms with Crippen molar-refractivity contribution in [3.8, 4) is 55.4 Å². The summed E-state index contributed by atoms with van der Waals surface area (Å²) in [7, 11) is 0. The Labute approximate surface area is 277 Å². The van der Waals surface area contributed by atoms with Crippen LogP contribution in [-0.2, 0) is 0 Å². The topological polar surface area (TPSA) is 51.6 Å². The first kappa shape index (κ1) is 27.6. The Morgan fingerprint density at radius 3 is 1.66 bits per heavy atom. The van der Waals surface area contributed by atoms with Gasteiger partial charge in [-0.25, -0.2) is 0 Å². The molecule has 0 radical (unpaired) electrons. The molecule has 4 nitrogen and oxygen atoms in total. The van der Waals surface area contributed by atoms with E-state index in [0.29, 0.717) is 17.5 Å². The quantitative estimate of drug-likeness (QED) is 0.172. The van der Waals surface area contributed by atoms with Crippen LogP contribution >= 0.6 is 0 Å². The molecule has 9 aromatic rings. The van der Waals surface area contributed by atoms with E-state index < -0.39 is 0 Å². The molecular formula is C42H26N4Se. The zero-order valence-corrected chi connectivity index (χ0v) is 26.9. The van der Waals surface area contributed by atoms with Gasteiger partial charge in [-0.1, -0.05) is 36.4 Å². The number of nitrogens with zero attached hydrogens (tertiary/aromatic N) is 4. The monoisotopic (exact) mass is 666 g/mol. The van der Waals surface area contributed by atoms with Crippen LogP contribution in [0, 0.1) is 0 Å². The van der Waals surface area contributed by atoms with Crippen molar-refractivity contribution in [2.45, 2.75) is 0 Å². The van der Waals surface area contributed by atoms with Gasteiger partial charge in [0.05, 0.1) is 0 Å². The molecule has 0 aliphatic rings. The Balaban J connectivity index is 1.24. The summed E-state index contributed by atoms with van der Waals surface area (Å²) in [6, 6.07) is 55.0. The van der Waals surface area contributed by atoms with Gasteiger partial charge in [0, 0.05) is 0 Å². The normalized spacial score (nSPS) is 11.4. The molecular weight excluding hydrogens is 639 g/mol. The number of benzene rings is 7. The van der Waals surface area contributed by atoms with Crippen LogP contribution in [0.25, 0.3) is 86.7 Å². The van der Waals surface area contributed by atoms with Gasteiger partial charge in [0.25, 0.3) is 0 Å². The molecule has 0 N–H and O–H groups in total. The minimum atomic E-state index is 0.121. The van der Waals surface area contributed by atoms with E-state index >= 15 is 0 Å². The molecule has 0 atom stereocenters. The van der Waals surface area contributed by atoms with Gasteiger partial charge in [0.15, 0.2) is 0 Å². The molecule has 0 aliphatic heterocycles. The molecule has 0 bridgehead atoms. The van der Waals surface area contributed by atoms with Crippen LogP contribution < -0.4 is 0 Å². The van der Waals surface area contributed by atoms with Crippen LogP contribution in [0.4, 0.5) is 0 Å². The zero-order chi connectivity index (χ0) is 31.2. The van der Waals surface area contributed by atoms with Crippen molar-refractivity contribution >= 4 is 45.8 Å². The summed E-state index contributed by atoms with van der Waals surface area (Å²) >= 11 is 0.121. The summed E-state index contributed by atoms with van der Waals surface area (Å²) < 4.78 is 2.52. The summed E-state index contributed by atoms with van der Waals surface area (Å²) in [6.45, 7) is 0. The van der Waals surface area contributed by atoms with Gasteiger partial charge < -0.3 is 0 Å². The molecule has 0 unspecified atom stereocenters. The molecule has 2 heterocycles. The number of hydrogen-bond donors (Lipinski definition) is 0.